The highest BCUT2D eigenvalue weighted by Gasteiger charge is 2.07. The van der Waals surface area contributed by atoms with E-state index in [0.717, 1.165) is 0 Å². The highest BCUT2D eigenvalue weighted by Crippen LogP contribution is 2.27. The molecule has 0 spiro atoms. The summed E-state index contributed by atoms with van der Waals surface area (Å²) in [4.78, 5) is 11.0. The summed E-state index contributed by atoms with van der Waals surface area (Å²) < 4.78 is 10.1. The number of ether oxygens (including phenoxy) is 2. The second-order valence-corrected chi connectivity index (χ2v) is 4.64. The van der Waals surface area contributed by atoms with Gasteiger partial charge in [-0.3, -0.25) is 5.32 Å². The largest absolute Gasteiger partial charge is 0.457 e. The summed E-state index contributed by atoms with van der Waals surface area (Å²) in [7, 11) is 1.25. The van der Waals surface area contributed by atoms with Crippen molar-refractivity contribution in [3.63, 3.8) is 0 Å². The van der Waals surface area contributed by atoms with E-state index in [0.29, 0.717) is 22.9 Å². The molecular formula is C15H15N3O3S. The Hall–Kier alpha value is -2.80. The molecule has 0 bridgehead atoms. The second-order valence-electron chi connectivity index (χ2n) is 4.23. The third-order valence-electron chi connectivity index (χ3n) is 2.65. The minimum absolute atomic E-state index is 0.0928. The van der Waals surface area contributed by atoms with Crippen LogP contribution in [0.2, 0.25) is 0 Å². The summed E-state index contributed by atoms with van der Waals surface area (Å²) in [5.41, 5.74) is 6.93. The molecule has 2 rings (SSSR count). The van der Waals surface area contributed by atoms with Crippen molar-refractivity contribution >= 4 is 34.8 Å². The van der Waals surface area contributed by atoms with Crippen molar-refractivity contribution in [1.29, 1.82) is 0 Å². The maximum absolute atomic E-state index is 11.0. The standard InChI is InChI=1S/C15H15N3O3S/c1-20-15(19)18-14(22)17-13-8-7-11(9-12(13)16)21-10-5-3-2-4-6-10/h2-9H,16H2,1H3,(H2,17,18,19,22). The SMILES string of the molecule is COC(=O)NC(=S)Nc1ccc(Oc2ccccc2)cc1N. The predicted molar refractivity (Wildman–Crippen MR) is 89.1 cm³/mol. The summed E-state index contributed by atoms with van der Waals surface area (Å²) in [5, 5.41) is 5.23. The number of alkyl carbamates (subject to hydrolysis) is 1. The van der Waals surface area contributed by atoms with Crippen molar-refractivity contribution in [2.24, 2.45) is 0 Å². The zero-order chi connectivity index (χ0) is 15.9. The van der Waals surface area contributed by atoms with Gasteiger partial charge >= 0.3 is 6.09 Å². The number of para-hydroxylation sites is 1. The van der Waals surface area contributed by atoms with E-state index in [1.807, 2.05) is 30.3 Å². The molecule has 0 atom stereocenters. The zero-order valence-corrected chi connectivity index (χ0v) is 12.6. The number of anilines is 2. The molecule has 2 aromatic carbocycles. The molecule has 2 aromatic rings. The van der Waals surface area contributed by atoms with Crippen molar-refractivity contribution < 1.29 is 14.3 Å². The number of hydrogen-bond donors (Lipinski definition) is 3. The first-order valence-corrected chi connectivity index (χ1v) is 6.77. The number of nitrogens with one attached hydrogen (secondary N) is 2. The fourth-order valence-corrected chi connectivity index (χ4v) is 1.83. The zero-order valence-electron chi connectivity index (χ0n) is 11.8. The Bertz CT molecular complexity index is 677. The van der Waals surface area contributed by atoms with Crippen LogP contribution in [-0.4, -0.2) is 18.3 Å². The minimum atomic E-state index is -0.653. The summed E-state index contributed by atoms with van der Waals surface area (Å²) in [6, 6.07) is 14.5. The number of hydrogen-bond acceptors (Lipinski definition) is 5. The van der Waals surface area contributed by atoms with Crippen molar-refractivity contribution in [2.75, 3.05) is 18.2 Å². The molecule has 4 N–H and O–H groups in total. The van der Waals surface area contributed by atoms with E-state index in [-0.39, 0.29) is 5.11 Å². The minimum Gasteiger partial charge on any atom is -0.457 e. The Labute approximate surface area is 133 Å². The van der Waals surface area contributed by atoms with Gasteiger partial charge in [-0.25, -0.2) is 4.79 Å². The third-order valence-corrected chi connectivity index (χ3v) is 2.86. The molecule has 22 heavy (non-hydrogen) atoms. The molecule has 0 aliphatic rings. The first kappa shape index (κ1) is 15.6. The smallest absolute Gasteiger partial charge is 0.413 e. The van der Waals surface area contributed by atoms with Crippen molar-refractivity contribution in [1.82, 2.24) is 5.32 Å². The van der Waals surface area contributed by atoms with Gasteiger partial charge in [0.25, 0.3) is 0 Å². The molecule has 0 radical (unpaired) electrons. The number of methoxy groups -OCH3 is 1. The number of amides is 1. The Balaban J connectivity index is 2.03. The van der Waals surface area contributed by atoms with Crippen LogP contribution in [0.4, 0.5) is 16.2 Å². The monoisotopic (exact) mass is 317 g/mol. The normalized spacial score (nSPS) is 9.68. The van der Waals surface area contributed by atoms with E-state index in [2.05, 4.69) is 15.4 Å². The molecule has 7 heteroatoms. The van der Waals surface area contributed by atoms with Crippen LogP contribution >= 0.6 is 12.2 Å². The molecular weight excluding hydrogens is 302 g/mol. The van der Waals surface area contributed by atoms with Gasteiger partial charge in [0.15, 0.2) is 5.11 Å². The topological polar surface area (TPSA) is 85.6 Å². The van der Waals surface area contributed by atoms with Crippen molar-refractivity contribution in [3.8, 4) is 11.5 Å². The average Bonchev–Trinajstić information content (AvgIpc) is 2.51. The summed E-state index contributed by atoms with van der Waals surface area (Å²) >= 11 is 4.97. The van der Waals surface area contributed by atoms with Gasteiger partial charge < -0.3 is 20.5 Å². The Morgan fingerprint density at radius 3 is 2.50 bits per heavy atom. The highest BCUT2D eigenvalue weighted by molar-refractivity contribution is 7.80. The molecule has 1 amide bonds. The molecule has 0 heterocycles. The lowest BCUT2D eigenvalue weighted by Crippen LogP contribution is -2.34. The number of rotatable bonds is 3. The van der Waals surface area contributed by atoms with E-state index in [1.54, 1.807) is 18.2 Å². The molecule has 0 unspecified atom stereocenters. The van der Waals surface area contributed by atoms with Gasteiger partial charge in [0, 0.05) is 6.07 Å². The Morgan fingerprint density at radius 1 is 1.14 bits per heavy atom. The first-order chi connectivity index (χ1) is 10.6. The first-order valence-electron chi connectivity index (χ1n) is 6.37. The summed E-state index contributed by atoms with van der Waals surface area (Å²) in [6.45, 7) is 0. The van der Waals surface area contributed by atoms with E-state index >= 15 is 0 Å². The van der Waals surface area contributed by atoms with Gasteiger partial charge in [-0.05, 0) is 36.5 Å². The van der Waals surface area contributed by atoms with Crippen molar-refractivity contribution in [3.05, 3.63) is 48.5 Å². The fraction of sp³-hybridized carbons (Fsp3) is 0.0667. The van der Waals surface area contributed by atoms with Crippen LogP contribution in [0, 0.1) is 0 Å². The molecule has 0 saturated carbocycles. The summed E-state index contributed by atoms with van der Waals surface area (Å²) in [6.07, 6.45) is -0.653. The lowest BCUT2D eigenvalue weighted by Gasteiger charge is -2.12. The van der Waals surface area contributed by atoms with Crippen LogP contribution in [0.25, 0.3) is 0 Å². The van der Waals surface area contributed by atoms with Gasteiger partial charge in [0.2, 0.25) is 0 Å². The van der Waals surface area contributed by atoms with Crippen LogP contribution in [-0.2, 0) is 4.74 Å². The van der Waals surface area contributed by atoms with Crippen LogP contribution in [0.5, 0.6) is 11.5 Å². The van der Waals surface area contributed by atoms with Crippen LogP contribution in [0.3, 0.4) is 0 Å². The highest BCUT2D eigenvalue weighted by atomic mass is 32.1. The number of thiocarbonyl (C=S) groups is 1. The number of nitrogens with two attached hydrogens (primary N) is 1. The van der Waals surface area contributed by atoms with Gasteiger partial charge in [0.05, 0.1) is 18.5 Å². The lowest BCUT2D eigenvalue weighted by molar-refractivity contribution is 0.177. The number of carbonyl (C=O) groups excluding carboxylic acids is 1. The number of carbonyl (C=O) groups is 1. The molecule has 0 aliphatic heterocycles. The van der Waals surface area contributed by atoms with Gasteiger partial charge in [-0.15, -0.1) is 0 Å². The Morgan fingerprint density at radius 2 is 1.86 bits per heavy atom. The fourth-order valence-electron chi connectivity index (χ4n) is 1.64. The van der Waals surface area contributed by atoms with Gasteiger partial charge in [-0.1, -0.05) is 18.2 Å². The molecule has 0 fully saturated rings. The second kappa shape index (κ2) is 7.28. The van der Waals surface area contributed by atoms with E-state index in [4.69, 9.17) is 22.7 Å². The summed E-state index contributed by atoms with van der Waals surface area (Å²) in [5.74, 6) is 1.31. The van der Waals surface area contributed by atoms with E-state index in [1.165, 1.54) is 7.11 Å². The van der Waals surface area contributed by atoms with Crippen LogP contribution in [0.1, 0.15) is 0 Å². The predicted octanol–water partition coefficient (Wildman–Crippen LogP) is 3.11. The average molecular weight is 317 g/mol. The van der Waals surface area contributed by atoms with Crippen molar-refractivity contribution in [2.45, 2.75) is 0 Å². The van der Waals surface area contributed by atoms with Crippen LogP contribution in [0.15, 0.2) is 48.5 Å². The molecule has 6 nitrogen and oxygen atoms in total. The maximum Gasteiger partial charge on any atom is 0.413 e. The van der Waals surface area contributed by atoms with E-state index < -0.39 is 6.09 Å². The quantitative estimate of drug-likeness (QED) is 0.596. The number of nitrogen functional groups attached to an aromatic ring is 1. The molecule has 0 saturated heterocycles. The van der Waals surface area contributed by atoms with Gasteiger partial charge in [0.1, 0.15) is 11.5 Å². The number of benzene rings is 2. The lowest BCUT2D eigenvalue weighted by atomic mass is 10.2. The molecule has 114 valence electrons. The molecule has 0 aliphatic carbocycles. The maximum atomic E-state index is 11.0. The molecule has 0 aromatic heterocycles. The Kier molecular flexibility index (Phi) is 5.16. The van der Waals surface area contributed by atoms with Gasteiger partial charge in [-0.2, -0.15) is 0 Å². The third kappa shape index (κ3) is 4.35. The van der Waals surface area contributed by atoms with E-state index in [9.17, 15) is 4.79 Å². The van der Waals surface area contributed by atoms with Crippen LogP contribution < -0.4 is 21.1 Å².